The van der Waals surface area contributed by atoms with Crippen LogP contribution in [0, 0.1) is 0 Å². The molecular weight excluding hydrogens is 143 g/mol. The van der Waals surface area contributed by atoms with Gasteiger partial charge < -0.3 is 5.32 Å². The maximum atomic E-state index is 13.1. The van der Waals surface area contributed by atoms with E-state index in [0.29, 0.717) is 6.54 Å². The second-order valence-electron chi connectivity index (χ2n) is 3.48. The number of alkyl halides is 1. The molecule has 2 fully saturated rings. The number of nitrogens with one attached hydrogen (secondary N) is 1. The van der Waals surface area contributed by atoms with Crippen molar-refractivity contribution in [2.75, 3.05) is 26.2 Å². The Labute approximate surface area is 66.8 Å². The summed E-state index contributed by atoms with van der Waals surface area (Å²) < 4.78 is 13.1. The first-order valence-electron chi connectivity index (χ1n) is 4.47. The van der Waals surface area contributed by atoms with Crippen molar-refractivity contribution in [3.8, 4) is 0 Å². The summed E-state index contributed by atoms with van der Waals surface area (Å²) in [6.45, 7) is 3.61. The average molecular weight is 158 g/mol. The number of nitrogens with zero attached hydrogens (tertiary/aromatic N) is 1. The van der Waals surface area contributed by atoms with Gasteiger partial charge >= 0.3 is 0 Å². The van der Waals surface area contributed by atoms with Crippen LogP contribution in [0.5, 0.6) is 0 Å². The average Bonchev–Trinajstić information content (AvgIpc) is 2.55. The van der Waals surface area contributed by atoms with E-state index < -0.39 is 6.17 Å². The van der Waals surface area contributed by atoms with Crippen LogP contribution < -0.4 is 5.32 Å². The molecule has 0 aromatic rings. The Kier molecular flexibility index (Phi) is 2.09. The fraction of sp³-hybridized carbons (Fsp3) is 1.00. The van der Waals surface area contributed by atoms with E-state index in [1.807, 2.05) is 0 Å². The van der Waals surface area contributed by atoms with Gasteiger partial charge in [-0.25, -0.2) is 4.39 Å². The number of hydrogen-bond acceptors (Lipinski definition) is 2. The van der Waals surface area contributed by atoms with Crippen LogP contribution in [-0.4, -0.2) is 43.3 Å². The van der Waals surface area contributed by atoms with E-state index in [0.717, 1.165) is 19.6 Å². The molecule has 64 valence electrons. The van der Waals surface area contributed by atoms with Crippen LogP contribution in [0.25, 0.3) is 0 Å². The molecule has 0 aliphatic carbocycles. The van der Waals surface area contributed by atoms with Crippen molar-refractivity contribution in [3.63, 3.8) is 0 Å². The molecule has 0 amide bonds. The molecule has 2 saturated heterocycles. The van der Waals surface area contributed by atoms with Crippen LogP contribution in [0.1, 0.15) is 12.8 Å². The van der Waals surface area contributed by atoms with E-state index in [9.17, 15) is 4.39 Å². The fourth-order valence-corrected chi connectivity index (χ4v) is 2.06. The first-order valence-corrected chi connectivity index (χ1v) is 4.47. The highest BCUT2D eigenvalue weighted by Crippen LogP contribution is 2.18. The molecule has 2 aliphatic heterocycles. The zero-order valence-electron chi connectivity index (χ0n) is 6.72. The minimum absolute atomic E-state index is 0.178. The van der Waals surface area contributed by atoms with Crippen LogP contribution in [0.3, 0.4) is 0 Å². The minimum Gasteiger partial charge on any atom is -0.312 e. The molecule has 0 aromatic carbocycles. The molecule has 1 N–H and O–H groups in total. The summed E-state index contributed by atoms with van der Waals surface area (Å²) in [7, 11) is 0. The molecule has 0 radical (unpaired) electrons. The first-order chi connectivity index (χ1) is 5.38. The van der Waals surface area contributed by atoms with Crippen LogP contribution in [0.4, 0.5) is 4.39 Å². The number of halogens is 1. The van der Waals surface area contributed by atoms with Crippen molar-refractivity contribution in [1.29, 1.82) is 0 Å². The number of hydrogen-bond donors (Lipinski definition) is 1. The molecule has 11 heavy (non-hydrogen) atoms. The van der Waals surface area contributed by atoms with E-state index in [1.54, 1.807) is 0 Å². The Bertz CT molecular complexity index is 134. The summed E-state index contributed by atoms with van der Waals surface area (Å²) in [6.07, 6.45) is 1.87. The molecule has 2 unspecified atom stereocenters. The molecule has 2 rings (SSSR count). The maximum Gasteiger partial charge on any atom is 0.129 e. The van der Waals surface area contributed by atoms with Gasteiger partial charge in [0.05, 0.1) is 6.04 Å². The van der Waals surface area contributed by atoms with E-state index >= 15 is 0 Å². The van der Waals surface area contributed by atoms with Crippen molar-refractivity contribution in [3.05, 3.63) is 0 Å². The minimum atomic E-state index is -0.631. The Hall–Kier alpha value is -0.150. The monoisotopic (exact) mass is 158 g/mol. The van der Waals surface area contributed by atoms with Gasteiger partial charge in [-0.05, 0) is 25.9 Å². The van der Waals surface area contributed by atoms with E-state index in [1.165, 1.54) is 12.8 Å². The molecule has 2 nitrogen and oxygen atoms in total. The third-order valence-electron chi connectivity index (χ3n) is 2.72. The van der Waals surface area contributed by atoms with Gasteiger partial charge in [0.15, 0.2) is 0 Å². The normalized spacial score (nSPS) is 40.1. The highest BCUT2D eigenvalue weighted by Gasteiger charge is 2.32. The third-order valence-corrected chi connectivity index (χ3v) is 2.72. The van der Waals surface area contributed by atoms with Crippen LogP contribution in [0.15, 0.2) is 0 Å². The zero-order chi connectivity index (χ0) is 7.68. The molecule has 2 aliphatic rings. The Morgan fingerprint density at radius 1 is 1.18 bits per heavy atom. The van der Waals surface area contributed by atoms with Crippen LogP contribution in [-0.2, 0) is 0 Å². The lowest BCUT2D eigenvalue weighted by Crippen LogP contribution is -2.39. The largest absolute Gasteiger partial charge is 0.312 e. The molecule has 0 spiro atoms. The zero-order valence-corrected chi connectivity index (χ0v) is 6.72. The van der Waals surface area contributed by atoms with E-state index in [-0.39, 0.29) is 6.04 Å². The molecule has 0 saturated carbocycles. The van der Waals surface area contributed by atoms with Crippen LogP contribution >= 0.6 is 0 Å². The standard InChI is InChI=1S/C8H15FN2/c9-7-5-10-6-8(7)11-3-1-2-4-11/h7-8,10H,1-6H2. The summed E-state index contributed by atoms with van der Waals surface area (Å²) in [5.74, 6) is 0. The van der Waals surface area contributed by atoms with E-state index in [4.69, 9.17) is 0 Å². The summed E-state index contributed by atoms with van der Waals surface area (Å²) in [4.78, 5) is 2.28. The molecule has 0 aromatic heterocycles. The Morgan fingerprint density at radius 3 is 2.45 bits per heavy atom. The third kappa shape index (κ3) is 1.40. The second kappa shape index (κ2) is 3.07. The maximum absolute atomic E-state index is 13.1. The second-order valence-corrected chi connectivity index (χ2v) is 3.48. The highest BCUT2D eigenvalue weighted by atomic mass is 19.1. The Balaban J connectivity index is 1.92. The topological polar surface area (TPSA) is 15.3 Å². The molecule has 3 heteroatoms. The van der Waals surface area contributed by atoms with Gasteiger partial charge in [0, 0.05) is 13.1 Å². The van der Waals surface area contributed by atoms with E-state index in [2.05, 4.69) is 10.2 Å². The number of likely N-dealkylation sites (tertiary alicyclic amines) is 1. The highest BCUT2D eigenvalue weighted by molar-refractivity contribution is 4.90. The van der Waals surface area contributed by atoms with Gasteiger partial charge in [-0.3, -0.25) is 4.90 Å². The number of rotatable bonds is 1. The summed E-state index contributed by atoms with van der Waals surface area (Å²) >= 11 is 0. The lowest BCUT2D eigenvalue weighted by atomic mass is 10.2. The van der Waals surface area contributed by atoms with Crippen molar-refractivity contribution < 1.29 is 4.39 Å². The van der Waals surface area contributed by atoms with Gasteiger partial charge in [0.2, 0.25) is 0 Å². The molecule has 2 heterocycles. The Morgan fingerprint density at radius 2 is 1.91 bits per heavy atom. The van der Waals surface area contributed by atoms with Crippen molar-refractivity contribution in [2.24, 2.45) is 0 Å². The summed E-state index contributed by atoms with van der Waals surface area (Å²) in [5, 5.41) is 3.08. The van der Waals surface area contributed by atoms with Gasteiger partial charge in [0.1, 0.15) is 6.17 Å². The van der Waals surface area contributed by atoms with Crippen molar-refractivity contribution in [2.45, 2.75) is 25.1 Å². The lowest BCUT2D eigenvalue weighted by molar-refractivity contribution is 0.173. The van der Waals surface area contributed by atoms with Gasteiger partial charge in [-0.2, -0.15) is 0 Å². The first kappa shape index (κ1) is 7.50. The fourth-order valence-electron chi connectivity index (χ4n) is 2.06. The van der Waals surface area contributed by atoms with Gasteiger partial charge in [-0.15, -0.1) is 0 Å². The summed E-state index contributed by atoms with van der Waals surface area (Å²) in [6, 6.07) is 0.178. The molecule has 2 atom stereocenters. The molecular formula is C8H15FN2. The molecule has 0 bridgehead atoms. The summed E-state index contributed by atoms with van der Waals surface area (Å²) in [5.41, 5.74) is 0. The van der Waals surface area contributed by atoms with Gasteiger partial charge in [0.25, 0.3) is 0 Å². The van der Waals surface area contributed by atoms with Gasteiger partial charge in [-0.1, -0.05) is 0 Å². The van der Waals surface area contributed by atoms with Crippen molar-refractivity contribution in [1.82, 2.24) is 10.2 Å². The predicted molar refractivity (Wildman–Crippen MR) is 42.4 cm³/mol. The lowest BCUT2D eigenvalue weighted by Gasteiger charge is -2.23. The quantitative estimate of drug-likeness (QED) is 0.594. The van der Waals surface area contributed by atoms with Crippen molar-refractivity contribution >= 4 is 0 Å². The SMILES string of the molecule is FC1CNCC1N1CCCC1. The predicted octanol–water partition coefficient (Wildman–Crippen LogP) is 0.392. The van der Waals surface area contributed by atoms with Crippen LogP contribution in [0.2, 0.25) is 0 Å². The smallest absolute Gasteiger partial charge is 0.129 e.